The molecule has 2 aromatic rings. The van der Waals surface area contributed by atoms with Crippen molar-refractivity contribution in [1.82, 2.24) is 10.2 Å². The SMILES string of the molecule is CC(=O)/C(Nc1cccc(C(=O)N(C)C)c1O)=C(\C)NCc1ccc(C)o1. The molecule has 2 rings (SSSR count). The second-order valence-corrected chi connectivity index (χ2v) is 6.45. The molecule has 7 heteroatoms. The van der Waals surface area contributed by atoms with Crippen LogP contribution in [0.3, 0.4) is 0 Å². The Morgan fingerprint density at radius 1 is 1.15 bits per heavy atom. The van der Waals surface area contributed by atoms with Crippen LogP contribution in [0, 0.1) is 6.92 Å². The molecule has 0 aliphatic rings. The third-order valence-corrected chi connectivity index (χ3v) is 3.98. The van der Waals surface area contributed by atoms with Gasteiger partial charge in [0.1, 0.15) is 17.2 Å². The molecule has 1 aromatic heterocycles. The van der Waals surface area contributed by atoms with Crippen molar-refractivity contribution in [2.24, 2.45) is 0 Å². The second kappa shape index (κ2) is 8.44. The Labute approximate surface area is 158 Å². The van der Waals surface area contributed by atoms with Crippen molar-refractivity contribution in [2.75, 3.05) is 19.4 Å². The van der Waals surface area contributed by atoms with Gasteiger partial charge < -0.3 is 25.1 Å². The average molecular weight is 371 g/mol. The number of rotatable bonds is 7. The molecule has 1 aromatic carbocycles. The number of ketones is 1. The number of furan rings is 1. The predicted molar refractivity (Wildman–Crippen MR) is 103 cm³/mol. The number of benzene rings is 1. The summed E-state index contributed by atoms with van der Waals surface area (Å²) >= 11 is 0. The van der Waals surface area contributed by atoms with Gasteiger partial charge in [0.2, 0.25) is 0 Å². The van der Waals surface area contributed by atoms with Gasteiger partial charge in [-0.05, 0) is 38.1 Å². The first-order chi connectivity index (χ1) is 12.7. The van der Waals surface area contributed by atoms with Crippen LogP contribution in [-0.2, 0) is 11.3 Å². The van der Waals surface area contributed by atoms with Gasteiger partial charge in [0, 0.05) is 26.7 Å². The van der Waals surface area contributed by atoms with E-state index in [0.717, 1.165) is 11.5 Å². The molecule has 0 spiro atoms. The van der Waals surface area contributed by atoms with E-state index in [2.05, 4.69) is 10.6 Å². The maximum atomic E-state index is 12.2. The van der Waals surface area contributed by atoms with E-state index < -0.39 is 0 Å². The third-order valence-electron chi connectivity index (χ3n) is 3.98. The number of Topliss-reactive ketones (excluding diaryl/α,β-unsaturated/α-hetero) is 1. The first kappa shape index (κ1) is 20.1. The maximum Gasteiger partial charge on any atom is 0.257 e. The standard InChI is InChI=1S/C20H25N3O4/c1-12-9-10-15(27-12)11-21-13(2)18(14(3)24)22-17-8-6-7-16(19(17)25)20(26)23(4)5/h6-10,21-22,25H,11H2,1-5H3/b18-13-. The summed E-state index contributed by atoms with van der Waals surface area (Å²) in [5.74, 6) is 0.818. The highest BCUT2D eigenvalue weighted by Crippen LogP contribution is 2.29. The summed E-state index contributed by atoms with van der Waals surface area (Å²) in [7, 11) is 3.21. The minimum atomic E-state index is -0.326. The van der Waals surface area contributed by atoms with Gasteiger partial charge in [-0.25, -0.2) is 0 Å². The van der Waals surface area contributed by atoms with Crippen molar-refractivity contribution in [3.05, 3.63) is 58.8 Å². The molecule has 0 radical (unpaired) electrons. The number of amides is 1. The molecule has 0 unspecified atom stereocenters. The van der Waals surface area contributed by atoms with Crippen LogP contribution < -0.4 is 10.6 Å². The Balaban J connectivity index is 2.26. The van der Waals surface area contributed by atoms with Crippen LogP contribution in [0.25, 0.3) is 0 Å². The minimum Gasteiger partial charge on any atom is -0.505 e. The van der Waals surface area contributed by atoms with Gasteiger partial charge in [-0.1, -0.05) is 6.07 Å². The number of aromatic hydroxyl groups is 1. The minimum absolute atomic E-state index is 0.157. The lowest BCUT2D eigenvalue weighted by molar-refractivity contribution is -0.113. The van der Waals surface area contributed by atoms with E-state index in [1.165, 1.54) is 17.9 Å². The van der Waals surface area contributed by atoms with Gasteiger partial charge in [-0.15, -0.1) is 0 Å². The number of aryl methyl sites for hydroxylation is 1. The number of hydrogen-bond donors (Lipinski definition) is 3. The Morgan fingerprint density at radius 2 is 1.85 bits per heavy atom. The van der Waals surface area contributed by atoms with Crippen LogP contribution >= 0.6 is 0 Å². The summed E-state index contributed by atoms with van der Waals surface area (Å²) in [6.07, 6.45) is 0. The number of allylic oxidation sites excluding steroid dienone is 2. The predicted octanol–water partition coefficient (Wildman–Crippen LogP) is 3.02. The van der Waals surface area contributed by atoms with Gasteiger partial charge in [-0.2, -0.15) is 0 Å². The lowest BCUT2D eigenvalue weighted by Gasteiger charge is -2.17. The van der Waals surface area contributed by atoms with Gasteiger partial charge in [-0.3, -0.25) is 9.59 Å². The van der Waals surface area contributed by atoms with Crippen molar-refractivity contribution in [2.45, 2.75) is 27.3 Å². The summed E-state index contributed by atoms with van der Waals surface area (Å²) < 4.78 is 5.50. The molecule has 3 N–H and O–H groups in total. The Kier molecular flexibility index (Phi) is 6.28. The third kappa shape index (κ3) is 4.91. The molecule has 7 nitrogen and oxygen atoms in total. The van der Waals surface area contributed by atoms with Crippen LogP contribution in [0.5, 0.6) is 5.75 Å². The molecule has 1 amide bonds. The number of carbonyl (C=O) groups excluding carboxylic acids is 2. The number of carbonyl (C=O) groups is 2. The van der Waals surface area contributed by atoms with Crippen LogP contribution in [0.1, 0.15) is 35.7 Å². The van der Waals surface area contributed by atoms with E-state index in [1.54, 1.807) is 33.2 Å². The van der Waals surface area contributed by atoms with Crippen molar-refractivity contribution in [3.63, 3.8) is 0 Å². The normalized spacial score (nSPS) is 11.6. The molecule has 0 fully saturated rings. The number of hydrogen-bond acceptors (Lipinski definition) is 6. The van der Waals surface area contributed by atoms with Gasteiger partial charge in [0.25, 0.3) is 5.91 Å². The molecule has 0 atom stereocenters. The molecule has 1 heterocycles. The quantitative estimate of drug-likeness (QED) is 0.512. The molecule has 0 aliphatic heterocycles. The lowest BCUT2D eigenvalue weighted by Crippen LogP contribution is -2.22. The van der Waals surface area contributed by atoms with Crippen molar-refractivity contribution >= 4 is 17.4 Å². The summed E-state index contributed by atoms with van der Waals surface area (Å²) in [6.45, 7) is 5.46. The fourth-order valence-corrected chi connectivity index (χ4v) is 2.53. The molecule has 0 aliphatic carbocycles. The van der Waals surface area contributed by atoms with Crippen LogP contribution in [0.15, 0.2) is 46.1 Å². The molecule has 0 saturated heterocycles. The first-order valence-electron chi connectivity index (χ1n) is 8.52. The van der Waals surface area contributed by atoms with Crippen molar-refractivity contribution in [1.29, 1.82) is 0 Å². The molecule has 0 saturated carbocycles. The Hall–Kier alpha value is -3.22. The zero-order valence-corrected chi connectivity index (χ0v) is 16.2. The monoisotopic (exact) mass is 371 g/mol. The zero-order valence-electron chi connectivity index (χ0n) is 16.2. The average Bonchev–Trinajstić information content (AvgIpc) is 3.03. The van der Waals surface area contributed by atoms with Crippen LogP contribution in [-0.4, -0.2) is 35.8 Å². The van der Waals surface area contributed by atoms with Gasteiger partial charge in [0.05, 0.1) is 17.8 Å². The molecular weight excluding hydrogens is 346 g/mol. The summed E-state index contributed by atoms with van der Waals surface area (Å²) in [4.78, 5) is 25.6. The van der Waals surface area contributed by atoms with Gasteiger partial charge in [0.15, 0.2) is 11.5 Å². The van der Waals surface area contributed by atoms with E-state index >= 15 is 0 Å². The molecule has 27 heavy (non-hydrogen) atoms. The lowest BCUT2D eigenvalue weighted by atomic mass is 10.1. The number of nitrogens with one attached hydrogen (secondary N) is 2. The number of phenols is 1. The smallest absolute Gasteiger partial charge is 0.257 e. The molecule has 144 valence electrons. The highest BCUT2D eigenvalue weighted by Gasteiger charge is 2.18. The van der Waals surface area contributed by atoms with Gasteiger partial charge >= 0.3 is 0 Å². The summed E-state index contributed by atoms with van der Waals surface area (Å²) in [5.41, 5.74) is 1.33. The number of phenolic OH excluding ortho intramolecular Hbond substituents is 1. The number of anilines is 1. The van der Waals surface area contributed by atoms with E-state index in [4.69, 9.17) is 4.42 Å². The largest absolute Gasteiger partial charge is 0.505 e. The topological polar surface area (TPSA) is 94.8 Å². The van der Waals surface area contributed by atoms with Crippen LogP contribution in [0.2, 0.25) is 0 Å². The van der Waals surface area contributed by atoms with Crippen molar-refractivity contribution in [3.8, 4) is 5.75 Å². The highest BCUT2D eigenvalue weighted by molar-refractivity contribution is 6.00. The molecular formula is C20H25N3O4. The fraction of sp³-hybridized carbons (Fsp3) is 0.300. The summed E-state index contributed by atoms with van der Waals surface area (Å²) in [6, 6.07) is 8.51. The van der Waals surface area contributed by atoms with E-state index in [1.807, 2.05) is 19.1 Å². The summed E-state index contributed by atoms with van der Waals surface area (Å²) in [5, 5.41) is 16.5. The Morgan fingerprint density at radius 3 is 2.41 bits per heavy atom. The number of para-hydroxylation sites is 1. The van der Waals surface area contributed by atoms with Crippen molar-refractivity contribution < 1.29 is 19.1 Å². The Bertz CT molecular complexity index is 881. The maximum absolute atomic E-state index is 12.2. The van der Waals surface area contributed by atoms with Crippen LogP contribution in [0.4, 0.5) is 5.69 Å². The molecule has 0 bridgehead atoms. The highest BCUT2D eigenvalue weighted by atomic mass is 16.3. The zero-order chi connectivity index (χ0) is 20.1. The van der Waals surface area contributed by atoms with E-state index in [9.17, 15) is 14.7 Å². The first-order valence-corrected chi connectivity index (χ1v) is 8.52. The van der Waals surface area contributed by atoms with E-state index in [-0.39, 0.29) is 28.7 Å². The number of nitrogens with zero attached hydrogens (tertiary/aromatic N) is 1. The van der Waals surface area contributed by atoms with E-state index in [0.29, 0.717) is 17.9 Å². The second-order valence-electron chi connectivity index (χ2n) is 6.45. The fourth-order valence-electron chi connectivity index (χ4n) is 2.53.